The summed E-state index contributed by atoms with van der Waals surface area (Å²) in [6, 6.07) is 11.5. The minimum atomic E-state index is -3.67. The van der Waals surface area contributed by atoms with E-state index in [1.807, 2.05) is 13.8 Å². The van der Waals surface area contributed by atoms with Crippen LogP contribution in [-0.2, 0) is 19.6 Å². The van der Waals surface area contributed by atoms with Crippen molar-refractivity contribution in [3.05, 3.63) is 58.6 Å². The van der Waals surface area contributed by atoms with Crippen molar-refractivity contribution in [2.75, 3.05) is 19.4 Å². The Kier molecular flexibility index (Phi) is 9.05. The third-order valence-corrected chi connectivity index (χ3v) is 8.61. The van der Waals surface area contributed by atoms with Gasteiger partial charge >= 0.3 is 0 Å². The van der Waals surface area contributed by atoms with Gasteiger partial charge < -0.3 is 5.32 Å². The molecule has 0 bridgehead atoms. The molecule has 0 aromatic heterocycles. The number of hydrogen-bond acceptors (Lipinski definition) is 8. The number of thioether (sulfide) groups is 1. The first-order valence-electron chi connectivity index (χ1n) is 11.6. The predicted octanol–water partition coefficient (Wildman–Crippen LogP) is 3.99. The molecule has 1 aliphatic heterocycles. The summed E-state index contributed by atoms with van der Waals surface area (Å²) < 4.78 is 26.2. The summed E-state index contributed by atoms with van der Waals surface area (Å²) in [5.74, 6) is -0.731. The Bertz CT molecular complexity index is 1330. The number of rotatable bonds is 10. The molecule has 0 radical (unpaired) electrons. The fourth-order valence-electron chi connectivity index (χ4n) is 3.76. The molecule has 0 unspecified atom stereocenters. The normalized spacial score (nSPS) is 17.9. The summed E-state index contributed by atoms with van der Waals surface area (Å²) in [5, 5.41) is 13.3. The maximum absolute atomic E-state index is 13.3. The number of nitro benzene ring substituents is 1. The number of aliphatic imine (C=N–C) groups is 1. The van der Waals surface area contributed by atoms with Crippen LogP contribution in [0, 0.1) is 10.1 Å². The lowest BCUT2D eigenvalue weighted by molar-refractivity contribution is -0.384. The zero-order chi connectivity index (χ0) is 27.3. The molecule has 2 aromatic carbocycles. The monoisotopic (exact) mass is 547 g/mol. The fourth-order valence-corrected chi connectivity index (χ4v) is 5.95. The van der Waals surface area contributed by atoms with Crippen molar-refractivity contribution in [3.63, 3.8) is 0 Å². The number of nitrogens with one attached hydrogen (secondary N) is 1. The summed E-state index contributed by atoms with van der Waals surface area (Å²) in [6.07, 6.45) is 1.39. The SMILES string of the molecule is CCC[C@@H](C)N1C(=O)[C@H](CC(=O)Nc2cccc([N+](=O)[O-])c2)SC1=Nc1cccc(S(=O)(=O)N(C)C)c1. The van der Waals surface area contributed by atoms with E-state index in [4.69, 9.17) is 0 Å². The number of amides is 2. The summed E-state index contributed by atoms with van der Waals surface area (Å²) in [4.78, 5) is 42.7. The Balaban J connectivity index is 1.85. The van der Waals surface area contributed by atoms with Crippen molar-refractivity contribution in [2.45, 2.75) is 49.3 Å². The quantitative estimate of drug-likeness (QED) is 0.350. The molecule has 1 fully saturated rings. The number of anilines is 1. The van der Waals surface area contributed by atoms with Gasteiger partial charge in [0.25, 0.3) is 5.69 Å². The molecule has 3 rings (SSSR count). The van der Waals surface area contributed by atoms with Gasteiger partial charge in [0.05, 0.1) is 15.5 Å². The van der Waals surface area contributed by atoms with E-state index in [0.717, 1.165) is 22.5 Å². The van der Waals surface area contributed by atoms with Crippen molar-refractivity contribution in [2.24, 2.45) is 4.99 Å². The number of carbonyl (C=O) groups is 2. The highest BCUT2D eigenvalue weighted by Crippen LogP contribution is 2.34. The van der Waals surface area contributed by atoms with Crippen molar-refractivity contribution in [1.82, 2.24) is 9.21 Å². The van der Waals surface area contributed by atoms with Gasteiger partial charge in [0.1, 0.15) is 5.25 Å². The molecule has 37 heavy (non-hydrogen) atoms. The van der Waals surface area contributed by atoms with Crippen LogP contribution in [0.5, 0.6) is 0 Å². The third-order valence-electron chi connectivity index (χ3n) is 5.65. The van der Waals surface area contributed by atoms with Gasteiger partial charge in [0.2, 0.25) is 21.8 Å². The maximum Gasteiger partial charge on any atom is 0.271 e. The average molecular weight is 548 g/mol. The Hall–Kier alpha value is -3.29. The lowest BCUT2D eigenvalue weighted by Crippen LogP contribution is -2.40. The smallest absolute Gasteiger partial charge is 0.271 e. The molecule has 0 spiro atoms. The Morgan fingerprint density at radius 3 is 2.59 bits per heavy atom. The molecular weight excluding hydrogens is 518 g/mol. The number of nitrogens with zero attached hydrogens (tertiary/aromatic N) is 4. The standard InChI is InChI=1S/C24H29N5O6S2/c1-5-8-16(2)28-23(31)21(15-22(30)25-17-9-6-11-19(13-17)29(32)33)36-24(28)26-18-10-7-12-20(14-18)37(34,35)27(3)4/h6-7,9-14,16,21H,5,8,15H2,1-4H3,(H,25,30)/t16-,21+/m1/s1. The highest BCUT2D eigenvalue weighted by Gasteiger charge is 2.41. The Labute approximate surface area is 220 Å². The fraction of sp³-hybridized carbons (Fsp3) is 0.375. The van der Waals surface area contributed by atoms with Gasteiger partial charge in [-0.3, -0.25) is 24.6 Å². The van der Waals surface area contributed by atoms with Crippen LogP contribution in [0.4, 0.5) is 17.1 Å². The van der Waals surface area contributed by atoms with E-state index in [2.05, 4.69) is 10.3 Å². The highest BCUT2D eigenvalue weighted by molar-refractivity contribution is 8.15. The van der Waals surface area contributed by atoms with E-state index < -0.39 is 26.1 Å². The van der Waals surface area contributed by atoms with Crippen LogP contribution in [0.15, 0.2) is 58.4 Å². The second-order valence-corrected chi connectivity index (χ2v) is 12.0. The molecule has 1 aliphatic rings. The number of carbonyl (C=O) groups excluding carboxylic acids is 2. The minimum absolute atomic E-state index is 0.0784. The van der Waals surface area contributed by atoms with E-state index >= 15 is 0 Å². The number of sulfonamides is 1. The van der Waals surface area contributed by atoms with E-state index in [9.17, 15) is 28.1 Å². The Morgan fingerprint density at radius 1 is 1.24 bits per heavy atom. The predicted molar refractivity (Wildman–Crippen MR) is 143 cm³/mol. The average Bonchev–Trinajstić information content (AvgIpc) is 3.13. The van der Waals surface area contributed by atoms with Crippen LogP contribution in [0.25, 0.3) is 0 Å². The number of amidine groups is 1. The van der Waals surface area contributed by atoms with E-state index in [0.29, 0.717) is 17.3 Å². The first-order valence-corrected chi connectivity index (χ1v) is 13.9. The topological polar surface area (TPSA) is 142 Å². The van der Waals surface area contributed by atoms with Gasteiger partial charge in [0, 0.05) is 44.4 Å². The summed E-state index contributed by atoms with van der Waals surface area (Å²) >= 11 is 1.14. The van der Waals surface area contributed by atoms with Crippen molar-refractivity contribution < 1.29 is 22.9 Å². The molecule has 2 aromatic rings. The number of non-ortho nitro benzene ring substituents is 1. The lowest BCUT2D eigenvalue weighted by Gasteiger charge is -2.24. The Morgan fingerprint density at radius 2 is 1.95 bits per heavy atom. The number of hydrogen-bond donors (Lipinski definition) is 1. The lowest BCUT2D eigenvalue weighted by atomic mass is 10.1. The molecule has 1 saturated heterocycles. The second kappa shape index (κ2) is 11.8. The molecule has 2 atom stereocenters. The molecule has 0 aliphatic carbocycles. The van der Waals surface area contributed by atoms with E-state index in [1.54, 1.807) is 17.0 Å². The highest BCUT2D eigenvalue weighted by atomic mass is 32.2. The number of nitro groups is 1. The molecule has 13 heteroatoms. The molecule has 2 amide bonds. The van der Waals surface area contributed by atoms with Gasteiger partial charge in [-0.25, -0.2) is 17.7 Å². The van der Waals surface area contributed by atoms with Gasteiger partial charge in [-0.05, 0) is 37.6 Å². The van der Waals surface area contributed by atoms with E-state index in [-0.39, 0.29) is 34.6 Å². The van der Waals surface area contributed by atoms with Gasteiger partial charge in [-0.2, -0.15) is 0 Å². The maximum atomic E-state index is 13.3. The zero-order valence-electron chi connectivity index (χ0n) is 20.9. The zero-order valence-corrected chi connectivity index (χ0v) is 22.6. The van der Waals surface area contributed by atoms with Crippen LogP contribution >= 0.6 is 11.8 Å². The van der Waals surface area contributed by atoms with Gasteiger partial charge in [-0.15, -0.1) is 0 Å². The third kappa shape index (κ3) is 6.73. The molecule has 198 valence electrons. The first kappa shape index (κ1) is 28.3. The summed E-state index contributed by atoms with van der Waals surface area (Å²) in [6.45, 7) is 3.90. The molecule has 0 saturated carbocycles. The molecule has 1 N–H and O–H groups in total. The van der Waals surface area contributed by atoms with Crippen molar-refractivity contribution >= 4 is 55.8 Å². The first-order chi connectivity index (χ1) is 17.4. The van der Waals surface area contributed by atoms with Gasteiger partial charge in [-0.1, -0.05) is 37.2 Å². The van der Waals surface area contributed by atoms with Crippen molar-refractivity contribution in [1.29, 1.82) is 0 Å². The van der Waals surface area contributed by atoms with E-state index in [1.165, 1.54) is 50.5 Å². The van der Waals surface area contributed by atoms with Crippen LogP contribution in [0.2, 0.25) is 0 Å². The van der Waals surface area contributed by atoms with Crippen LogP contribution in [0.3, 0.4) is 0 Å². The molecular formula is C24H29N5O6S2. The minimum Gasteiger partial charge on any atom is -0.326 e. The summed E-state index contributed by atoms with van der Waals surface area (Å²) in [7, 11) is -0.783. The summed E-state index contributed by atoms with van der Waals surface area (Å²) in [5.41, 5.74) is 0.476. The largest absolute Gasteiger partial charge is 0.326 e. The van der Waals surface area contributed by atoms with Crippen molar-refractivity contribution in [3.8, 4) is 0 Å². The van der Waals surface area contributed by atoms with Crippen LogP contribution in [-0.4, -0.2) is 64.9 Å². The molecule has 1 heterocycles. The van der Waals surface area contributed by atoms with Crippen LogP contribution in [0.1, 0.15) is 33.1 Å². The number of benzene rings is 2. The second-order valence-electron chi connectivity index (χ2n) is 8.69. The van der Waals surface area contributed by atoms with Gasteiger partial charge in [0.15, 0.2) is 5.17 Å². The van der Waals surface area contributed by atoms with Crippen LogP contribution < -0.4 is 5.32 Å². The molecule has 11 nitrogen and oxygen atoms in total.